The van der Waals surface area contributed by atoms with Crippen molar-refractivity contribution in [3.8, 4) is 0 Å². The highest BCUT2D eigenvalue weighted by Gasteiger charge is 2.03. The molecule has 0 radical (unpaired) electrons. The first kappa shape index (κ1) is 9.10. The fourth-order valence-electron chi connectivity index (χ4n) is 0.899. The zero-order valence-electron chi connectivity index (χ0n) is 7.30. The van der Waals surface area contributed by atoms with Crippen molar-refractivity contribution < 1.29 is 4.42 Å². The minimum Gasteiger partial charge on any atom is -0.407 e. The Balaban J connectivity index is 1.92. The van der Waals surface area contributed by atoms with Crippen molar-refractivity contribution in [2.45, 2.75) is 13.1 Å². The maximum atomic E-state index is 5.32. The number of aromatic nitrogens is 3. The Morgan fingerprint density at radius 2 is 2.43 bits per heavy atom. The second-order valence-electron chi connectivity index (χ2n) is 2.54. The predicted molar refractivity (Wildman–Crippen MR) is 51.6 cm³/mol. The molecule has 0 aliphatic rings. The van der Waals surface area contributed by atoms with Gasteiger partial charge in [-0.15, -0.1) is 16.4 Å². The third-order valence-corrected chi connectivity index (χ3v) is 2.18. The van der Waals surface area contributed by atoms with E-state index in [0.29, 0.717) is 18.5 Å². The molecule has 0 unspecified atom stereocenters. The highest BCUT2D eigenvalue weighted by atomic mass is 32.1. The molecule has 0 amide bonds. The summed E-state index contributed by atoms with van der Waals surface area (Å²) in [5.41, 5.74) is 8.04. The number of rotatable bonds is 4. The van der Waals surface area contributed by atoms with Crippen molar-refractivity contribution in [1.82, 2.24) is 15.2 Å². The van der Waals surface area contributed by atoms with Gasteiger partial charge in [-0.3, -0.25) is 0 Å². The van der Waals surface area contributed by atoms with Gasteiger partial charge in [0.25, 0.3) is 0 Å². The van der Waals surface area contributed by atoms with Crippen molar-refractivity contribution in [2.24, 2.45) is 5.73 Å². The summed E-state index contributed by atoms with van der Waals surface area (Å²) in [5, 5.41) is 12.4. The van der Waals surface area contributed by atoms with Gasteiger partial charge in [0.05, 0.1) is 24.3 Å². The summed E-state index contributed by atoms with van der Waals surface area (Å²) in [6.07, 6.45) is 0. The first-order valence-corrected chi connectivity index (χ1v) is 4.96. The Morgan fingerprint density at radius 1 is 1.50 bits per heavy atom. The minimum absolute atomic E-state index is 0.255. The van der Waals surface area contributed by atoms with Crippen molar-refractivity contribution in [1.29, 1.82) is 0 Å². The molecule has 0 aliphatic carbocycles. The maximum Gasteiger partial charge on any atom is 0.315 e. The molecule has 2 aromatic heterocycles. The van der Waals surface area contributed by atoms with E-state index in [1.54, 1.807) is 16.8 Å². The molecule has 0 fully saturated rings. The molecule has 2 aromatic rings. The van der Waals surface area contributed by atoms with Crippen LogP contribution in [0.2, 0.25) is 0 Å². The topological polar surface area (TPSA) is 89.9 Å². The van der Waals surface area contributed by atoms with Gasteiger partial charge in [-0.05, 0) is 0 Å². The van der Waals surface area contributed by atoms with Gasteiger partial charge >= 0.3 is 6.01 Å². The molecule has 0 saturated carbocycles. The molecular weight excluding hydrogens is 202 g/mol. The lowest BCUT2D eigenvalue weighted by Crippen LogP contribution is -1.99. The van der Waals surface area contributed by atoms with Gasteiger partial charge in [-0.1, -0.05) is 5.10 Å². The summed E-state index contributed by atoms with van der Waals surface area (Å²) in [6.45, 7) is 0.834. The Morgan fingerprint density at radius 3 is 3.07 bits per heavy atom. The number of anilines is 1. The molecule has 0 saturated heterocycles. The molecule has 2 rings (SSSR count). The molecule has 0 aliphatic heterocycles. The van der Waals surface area contributed by atoms with Crippen LogP contribution in [0.4, 0.5) is 6.01 Å². The monoisotopic (exact) mass is 211 g/mol. The summed E-state index contributed by atoms with van der Waals surface area (Å²) in [4.78, 5) is 4.10. The van der Waals surface area contributed by atoms with E-state index < -0.39 is 0 Å². The second-order valence-corrected chi connectivity index (χ2v) is 3.26. The third kappa shape index (κ3) is 2.06. The van der Waals surface area contributed by atoms with Crippen molar-refractivity contribution >= 4 is 17.4 Å². The van der Waals surface area contributed by atoms with Crippen molar-refractivity contribution in [3.05, 3.63) is 22.5 Å². The van der Waals surface area contributed by atoms with Gasteiger partial charge in [-0.25, -0.2) is 4.98 Å². The van der Waals surface area contributed by atoms with Crippen LogP contribution >= 0.6 is 11.3 Å². The third-order valence-electron chi connectivity index (χ3n) is 1.55. The number of nitrogens with two attached hydrogens (primary N) is 1. The fourth-order valence-corrected chi connectivity index (χ4v) is 1.46. The number of thiazole rings is 1. The summed E-state index contributed by atoms with van der Waals surface area (Å²) < 4.78 is 5.15. The maximum absolute atomic E-state index is 5.32. The van der Waals surface area contributed by atoms with Crippen molar-refractivity contribution in [3.63, 3.8) is 0 Å². The molecule has 0 atom stereocenters. The fraction of sp³-hybridized carbons (Fsp3) is 0.286. The molecule has 6 nitrogen and oxygen atoms in total. The Bertz CT molecular complexity index is 384. The Labute approximate surface area is 84.2 Å². The lowest BCUT2D eigenvalue weighted by Gasteiger charge is -1.95. The van der Waals surface area contributed by atoms with E-state index in [1.807, 2.05) is 5.38 Å². The van der Waals surface area contributed by atoms with E-state index in [9.17, 15) is 0 Å². The zero-order valence-corrected chi connectivity index (χ0v) is 8.12. The Kier molecular flexibility index (Phi) is 2.70. The van der Waals surface area contributed by atoms with Crippen LogP contribution in [0.5, 0.6) is 0 Å². The smallest absolute Gasteiger partial charge is 0.315 e. The van der Waals surface area contributed by atoms with Gasteiger partial charge in [0, 0.05) is 5.38 Å². The van der Waals surface area contributed by atoms with Gasteiger partial charge in [0.1, 0.15) is 0 Å². The van der Waals surface area contributed by atoms with Crippen LogP contribution < -0.4 is 11.1 Å². The summed E-state index contributed by atoms with van der Waals surface area (Å²) >= 11 is 1.55. The van der Waals surface area contributed by atoms with Crippen LogP contribution in [-0.2, 0) is 13.1 Å². The highest BCUT2D eigenvalue weighted by molar-refractivity contribution is 7.07. The van der Waals surface area contributed by atoms with Gasteiger partial charge in [0.15, 0.2) is 0 Å². The van der Waals surface area contributed by atoms with E-state index in [0.717, 1.165) is 5.69 Å². The summed E-state index contributed by atoms with van der Waals surface area (Å²) in [5.74, 6) is 0.422. The number of nitrogens with zero attached hydrogens (tertiary/aromatic N) is 3. The standard InChI is InChI=1S/C7H9N5OS/c8-1-6-11-12-7(13-6)9-2-5-3-14-4-10-5/h3-4H,1-2,8H2,(H,9,12). The molecular formula is C7H9N5OS. The normalized spacial score (nSPS) is 10.4. The van der Waals surface area contributed by atoms with Crippen LogP contribution in [0.3, 0.4) is 0 Å². The quantitative estimate of drug-likeness (QED) is 0.769. The van der Waals surface area contributed by atoms with E-state index in [4.69, 9.17) is 10.2 Å². The van der Waals surface area contributed by atoms with Crippen LogP contribution in [0.1, 0.15) is 11.6 Å². The molecule has 2 heterocycles. The molecule has 0 spiro atoms. The number of nitrogens with one attached hydrogen (secondary N) is 1. The largest absolute Gasteiger partial charge is 0.407 e. The predicted octanol–water partition coefficient (Wildman–Crippen LogP) is 0.597. The minimum atomic E-state index is 0.255. The average Bonchev–Trinajstić information content (AvgIpc) is 2.86. The lowest BCUT2D eigenvalue weighted by atomic mass is 10.5. The molecule has 0 bridgehead atoms. The molecule has 0 aromatic carbocycles. The SMILES string of the molecule is NCc1nnc(NCc2cscn2)o1. The molecule has 14 heavy (non-hydrogen) atoms. The van der Waals surface area contributed by atoms with E-state index >= 15 is 0 Å². The van der Waals surface area contributed by atoms with Gasteiger partial charge in [0.2, 0.25) is 5.89 Å². The van der Waals surface area contributed by atoms with Gasteiger partial charge in [-0.2, -0.15) is 0 Å². The molecule has 3 N–H and O–H groups in total. The van der Waals surface area contributed by atoms with Crippen LogP contribution in [0.15, 0.2) is 15.3 Å². The summed E-state index contributed by atoms with van der Waals surface area (Å²) in [6, 6.07) is 0.374. The zero-order chi connectivity index (χ0) is 9.80. The van der Waals surface area contributed by atoms with E-state index in [2.05, 4.69) is 20.5 Å². The van der Waals surface area contributed by atoms with Crippen LogP contribution in [-0.4, -0.2) is 15.2 Å². The second kappa shape index (κ2) is 4.16. The van der Waals surface area contributed by atoms with Crippen LogP contribution in [0.25, 0.3) is 0 Å². The first-order valence-electron chi connectivity index (χ1n) is 4.02. The molecule has 7 heteroatoms. The molecule has 74 valence electrons. The lowest BCUT2D eigenvalue weighted by molar-refractivity contribution is 0.507. The van der Waals surface area contributed by atoms with Gasteiger partial charge < -0.3 is 15.5 Å². The highest BCUT2D eigenvalue weighted by Crippen LogP contribution is 2.07. The summed E-state index contributed by atoms with van der Waals surface area (Å²) in [7, 11) is 0. The first-order chi connectivity index (χ1) is 6.88. The van der Waals surface area contributed by atoms with Crippen LogP contribution in [0, 0.1) is 0 Å². The number of hydrogen-bond acceptors (Lipinski definition) is 7. The average molecular weight is 211 g/mol. The number of hydrogen-bond donors (Lipinski definition) is 2. The van der Waals surface area contributed by atoms with E-state index in [1.165, 1.54) is 0 Å². The Hall–Kier alpha value is -1.47. The van der Waals surface area contributed by atoms with E-state index in [-0.39, 0.29) is 6.54 Å². The van der Waals surface area contributed by atoms with Crippen molar-refractivity contribution in [2.75, 3.05) is 5.32 Å².